The number of allylic oxidation sites excluding steroid dienone is 2. The average Bonchev–Trinajstić information content (AvgIpc) is 3.96. The molecule has 7 rings (SSSR count). The van der Waals surface area contributed by atoms with Crippen LogP contribution >= 0.6 is 0 Å². The number of carbonyl (C=O) groups excluding carboxylic acids is 2. The molecular formula is C43H68N4O11. The molecule has 1 aromatic rings. The Bertz CT molecular complexity index is 1560. The van der Waals surface area contributed by atoms with Crippen LogP contribution in [0.15, 0.2) is 24.0 Å². The van der Waals surface area contributed by atoms with Crippen LogP contribution in [0.25, 0.3) is 0 Å². The molecule has 326 valence electrons. The summed E-state index contributed by atoms with van der Waals surface area (Å²) in [6.45, 7) is 8.01. The fourth-order valence-electron chi connectivity index (χ4n) is 11.7. The Morgan fingerprint density at radius 1 is 0.914 bits per heavy atom. The minimum Gasteiger partial charge on any atom is -0.462 e. The molecule has 6 unspecified atom stereocenters. The van der Waals surface area contributed by atoms with Gasteiger partial charge in [0.2, 0.25) is 0 Å². The van der Waals surface area contributed by atoms with Crippen LogP contribution in [0.4, 0.5) is 0 Å². The summed E-state index contributed by atoms with van der Waals surface area (Å²) in [6.07, 6.45) is 6.66. The van der Waals surface area contributed by atoms with Crippen molar-refractivity contribution in [2.75, 3.05) is 35.4 Å². The van der Waals surface area contributed by atoms with Gasteiger partial charge in [0, 0.05) is 51.3 Å². The Kier molecular flexibility index (Phi) is 14.1. The van der Waals surface area contributed by atoms with Crippen molar-refractivity contribution in [3.8, 4) is 0 Å². The average molecular weight is 817 g/mol. The first-order valence-electron chi connectivity index (χ1n) is 21.7. The summed E-state index contributed by atoms with van der Waals surface area (Å²) in [5, 5.41) is 21.1. The number of likely N-dealkylation sites (N-methyl/N-ethyl adjacent to an activating group) is 1. The molecule has 3 aliphatic carbocycles. The SMILES string of the molecule is CC[C@H]1CCC[C@H](O[C@H]2CC[C@H](N(C)C)C(C)O2)[C@@H](C)C(=O)C2=C[C@H]3[C@@H]4C[C@H](O[C@@H]5OC(C)[C@H](OC)C(OC)C5OC)C[C@H]4C(n4ccnn4)C(O)[C@H]3[C@@H]2CC(=O)O1. The van der Waals surface area contributed by atoms with E-state index < -0.39 is 54.7 Å². The van der Waals surface area contributed by atoms with Gasteiger partial charge in [-0.1, -0.05) is 25.1 Å². The summed E-state index contributed by atoms with van der Waals surface area (Å²) in [5.74, 6) is -2.11. The zero-order valence-electron chi connectivity index (χ0n) is 35.9. The highest BCUT2D eigenvalue weighted by atomic mass is 16.7. The van der Waals surface area contributed by atoms with Gasteiger partial charge in [0.1, 0.15) is 24.4 Å². The molecule has 4 heterocycles. The molecule has 5 fully saturated rings. The van der Waals surface area contributed by atoms with Gasteiger partial charge in [0.05, 0.1) is 49.2 Å². The zero-order valence-corrected chi connectivity index (χ0v) is 35.9. The van der Waals surface area contributed by atoms with Gasteiger partial charge in [0.15, 0.2) is 18.4 Å². The lowest BCUT2D eigenvalue weighted by Gasteiger charge is -2.46. The Labute approximate surface area is 343 Å². The molecular weight excluding hydrogens is 748 g/mol. The monoisotopic (exact) mass is 816 g/mol. The summed E-state index contributed by atoms with van der Waals surface area (Å²) in [4.78, 5) is 31.0. The van der Waals surface area contributed by atoms with E-state index in [0.717, 1.165) is 19.3 Å². The number of hydrogen-bond donors (Lipinski definition) is 1. The minimum atomic E-state index is -0.928. The normalized spacial score (nSPS) is 45.1. The van der Waals surface area contributed by atoms with E-state index in [9.17, 15) is 14.7 Å². The number of esters is 1. The molecule has 0 amide bonds. The van der Waals surface area contributed by atoms with E-state index in [-0.39, 0.29) is 72.6 Å². The van der Waals surface area contributed by atoms with Crippen LogP contribution < -0.4 is 0 Å². The summed E-state index contributed by atoms with van der Waals surface area (Å²) < 4.78 is 51.7. The number of carbonyl (C=O) groups is 2. The highest BCUT2D eigenvalue weighted by molar-refractivity contribution is 5.99. The summed E-state index contributed by atoms with van der Waals surface area (Å²) in [6, 6.07) is -0.157. The summed E-state index contributed by atoms with van der Waals surface area (Å²) in [5.41, 5.74) is 0.589. The number of rotatable bonds is 10. The molecule has 1 N–H and O–H groups in total. The zero-order chi connectivity index (χ0) is 41.4. The third-order valence-electron chi connectivity index (χ3n) is 14.6. The van der Waals surface area contributed by atoms with Gasteiger partial charge >= 0.3 is 5.97 Å². The molecule has 6 aliphatic rings. The van der Waals surface area contributed by atoms with Crippen molar-refractivity contribution in [1.82, 2.24) is 19.9 Å². The second-order valence-electron chi connectivity index (χ2n) is 18.0. The molecule has 15 heteroatoms. The quantitative estimate of drug-likeness (QED) is 0.336. The number of Topliss-reactive ketones (excluding diaryl/α,β-unsaturated/α-hetero) is 1. The number of methoxy groups -OCH3 is 3. The first kappa shape index (κ1) is 43.7. The number of hydrogen-bond acceptors (Lipinski definition) is 14. The lowest BCUT2D eigenvalue weighted by molar-refractivity contribution is -0.314. The van der Waals surface area contributed by atoms with E-state index in [1.54, 1.807) is 38.4 Å². The van der Waals surface area contributed by atoms with Crippen molar-refractivity contribution in [2.24, 2.45) is 35.5 Å². The number of cyclic esters (lactones) is 1. The number of ether oxygens (including phenoxy) is 8. The van der Waals surface area contributed by atoms with E-state index in [1.807, 2.05) is 20.8 Å². The predicted octanol–water partition coefficient (Wildman–Crippen LogP) is 4.12. The Morgan fingerprint density at radius 2 is 1.66 bits per heavy atom. The molecule has 0 bridgehead atoms. The van der Waals surface area contributed by atoms with Gasteiger partial charge in [-0.05, 0) is 103 Å². The molecule has 0 spiro atoms. The smallest absolute Gasteiger partial charge is 0.306 e. The number of aliphatic hydroxyl groups is 1. The maximum atomic E-state index is 15.0. The van der Waals surface area contributed by atoms with Crippen molar-refractivity contribution < 1.29 is 52.6 Å². The van der Waals surface area contributed by atoms with Crippen LogP contribution in [-0.4, -0.2) is 146 Å². The van der Waals surface area contributed by atoms with Crippen molar-refractivity contribution in [2.45, 2.75) is 165 Å². The third kappa shape index (κ3) is 8.58. The highest BCUT2D eigenvalue weighted by Gasteiger charge is 2.60. The maximum absolute atomic E-state index is 15.0. The molecule has 58 heavy (non-hydrogen) atoms. The highest BCUT2D eigenvalue weighted by Crippen LogP contribution is 2.60. The molecule has 19 atom stereocenters. The van der Waals surface area contributed by atoms with Gasteiger partial charge in [-0.2, -0.15) is 0 Å². The lowest BCUT2D eigenvalue weighted by Crippen LogP contribution is -2.59. The van der Waals surface area contributed by atoms with Crippen LogP contribution in [0.5, 0.6) is 0 Å². The van der Waals surface area contributed by atoms with Crippen LogP contribution in [-0.2, 0) is 47.5 Å². The Hall–Kier alpha value is -2.34. The standard InChI is InChI=1S/C43H68N4O11/c1-10-25-12-11-13-33(58-35-15-14-32(46(5)6)23(3)54-35)22(2)38(49)31-20-28-27-18-26(57-43-42(53-9)41(52-8)40(51-7)24(4)55-43)19-30(27)37(47-17-16-44-45-47)39(50)36(28)29(31)21-34(48)56-25/h16-17,20,22-30,32-33,35-37,39-43,50H,10-15,18-19,21H2,1-9H3/t22-,23?,24?,25+,26+,27+,28+,29-,30-,32+,33+,35+,36-,37?,39?,40+,41?,42?,43+/m1/s1. The van der Waals surface area contributed by atoms with Gasteiger partial charge in [-0.25, -0.2) is 4.68 Å². The molecule has 0 aromatic carbocycles. The topological polar surface area (TPSA) is 162 Å². The van der Waals surface area contributed by atoms with E-state index in [1.165, 1.54) is 0 Å². The van der Waals surface area contributed by atoms with E-state index in [0.29, 0.717) is 43.7 Å². The molecule has 15 nitrogen and oxygen atoms in total. The van der Waals surface area contributed by atoms with E-state index >= 15 is 0 Å². The first-order valence-corrected chi connectivity index (χ1v) is 21.7. The fraction of sp³-hybridized carbons (Fsp3) is 0.860. The number of aromatic nitrogens is 3. The number of aliphatic hydroxyl groups excluding tert-OH is 1. The summed E-state index contributed by atoms with van der Waals surface area (Å²) >= 11 is 0. The van der Waals surface area contributed by atoms with Gasteiger partial charge < -0.3 is 47.9 Å². The first-order chi connectivity index (χ1) is 27.9. The number of fused-ring (bicyclic) bond motifs is 5. The second-order valence-corrected chi connectivity index (χ2v) is 18.0. The number of nitrogens with zero attached hydrogens (tertiary/aromatic N) is 4. The summed E-state index contributed by atoms with van der Waals surface area (Å²) in [7, 11) is 9.03. The molecule has 2 saturated carbocycles. The molecule has 3 saturated heterocycles. The third-order valence-corrected chi connectivity index (χ3v) is 14.6. The predicted molar refractivity (Wildman–Crippen MR) is 210 cm³/mol. The Morgan fingerprint density at radius 3 is 2.31 bits per heavy atom. The number of ketones is 1. The van der Waals surface area contributed by atoms with Crippen molar-refractivity contribution >= 4 is 11.8 Å². The minimum absolute atomic E-state index is 0.00348. The Balaban J connectivity index is 1.19. The second kappa shape index (κ2) is 18.7. The van der Waals surface area contributed by atoms with Crippen LogP contribution in [0.3, 0.4) is 0 Å². The van der Waals surface area contributed by atoms with Crippen molar-refractivity contribution in [1.29, 1.82) is 0 Å². The molecule has 0 radical (unpaired) electrons. The van der Waals surface area contributed by atoms with Crippen molar-refractivity contribution in [3.63, 3.8) is 0 Å². The molecule has 3 aliphatic heterocycles. The van der Waals surface area contributed by atoms with Gasteiger partial charge in [-0.3, -0.25) is 9.59 Å². The van der Waals surface area contributed by atoms with Gasteiger partial charge in [0.25, 0.3) is 0 Å². The van der Waals surface area contributed by atoms with Crippen LogP contribution in [0.1, 0.15) is 91.5 Å². The van der Waals surface area contributed by atoms with Gasteiger partial charge in [-0.15, -0.1) is 5.10 Å². The maximum Gasteiger partial charge on any atom is 0.306 e. The van der Waals surface area contributed by atoms with Crippen LogP contribution in [0, 0.1) is 35.5 Å². The van der Waals surface area contributed by atoms with E-state index in [4.69, 9.17) is 37.9 Å². The van der Waals surface area contributed by atoms with E-state index in [2.05, 4.69) is 42.3 Å². The van der Waals surface area contributed by atoms with Crippen LogP contribution in [0.2, 0.25) is 0 Å². The lowest BCUT2D eigenvalue weighted by atomic mass is 9.62. The molecule has 1 aromatic heterocycles. The van der Waals surface area contributed by atoms with Crippen molar-refractivity contribution in [3.05, 3.63) is 24.0 Å². The fourth-order valence-corrected chi connectivity index (χ4v) is 11.7. The largest absolute Gasteiger partial charge is 0.462 e.